The van der Waals surface area contributed by atoms with Gasteiger partial charge in [-0.3, -0.25) is 0 Å². The summed E-state index contributed by atoms with van der Waals surface area (Å²) in [6.07, 6.45) is 3.03. The van der Waals surface area contributed by atoms with E-state index >= 15 is 0 Å². The van der Waals surface area contributed by atoms with Crippen molar-refractivity contribution in [2.45, 2.75) is 19.6 Å². The molecule has 4 nitrogen and oxygen atoms in total. The molecule has 0 aliphatic rings. The van der Waals surface area contributed by atoms with E-state index in [2.05, 4.69) is 35.8 Å². The summed E-state index contributed by atoms with van der Waals surface area (Å²) in [4.78, 5) is 11.4. The summed E-state index contributed by atoms with van der Waals surface area (Å²) >= 11 is 0. The Balaban J connectivity index is 2.55. The van der Waals surface area contributed by atoms with E-state index in [1.54, 1.807) is 19.3 Å². The van der Waals surface area contributed by atoms with E-state index < -0.39 is 14.0 Å². The third-order valence-corrected chi connectivity index (χ3v) is 4.32. The van der Waals surface area contributed by atoms with Crippen molar-refractivity contribution in [1.29, 1.82) is 0 Å². The SMILES string of the molecule is COC(=O)C=Cc1cc(C#C[Si](C)(C)C)c(Oc2ccccc2)c(OC)c1. The minimum Gasteiger partial charge on any atom is -0.493 e. The number of carbonyl (C=O) groups is 1. The molecule has 0 fully saturated rings. The molecule has 0 aromatic heterocycles. The Hall–Kier alpha value is -2.97. The van der Waals surface area contributed by atoms with E-state index in [0.717, 1.165) is 5.56 Å². The van der Waals surface area contributed by atoms with Gasteiger partial charge in [-0.25, -0.2) is 4.79 Å². The highest BCUT2D eigenvalue weighted by molar-refractivity contribution is 6.83. The number of methoxy groups -OCH3 is 2. The van der Waals surface area contributed by atoms with E-state index in [4.69, 9.17) is 9.47 Å². The van der Waals surface area contributed by atoms with Crippen molar-refractivity contribution in [3.63, 3.8) is 0 Å². The smallest absolute Gasteiger partial charge is 0.330 e. The maximum absolute atomic E-state index is 11.4. The third-order valence-electron chi connectivity index (χ3n) is 3.45. The van der Waals surface area contributed by atoms with E-state index in [9.17, 15) is 4.79 Å². The molecule has 0 unspecified atom stereocenters. The van der Waals surface area contributed by atoms with Gasteiger partial charge >= 0.3 is 5.97 Å². The zero-order valence-corrected chi connectivity index (χ0v) is 17.3. The maximum Gasteiger partial charge on any atom is 0.330 e. The van der Waals surface area contributed by atoms with Crippen LogP contribution in [0.3, 0.4) is 0 Å². The molecule has 0 saturated carbocycles. The van der Waals surface area contributed by atoms with Crippen LogP contribution in [0.15, 0.2) is 48.5 Å². The fraction of sp³-hybridized carbons (Fsp3) is 0.227. The second-order valence-electron chi connectivity index (χ2n) is 6.87. The van der Waals surface area contributed by atoms with Crippen LogP contribution in [0.2, 0.25) is 19.6 Å². The first kappa shape index (κ1) is 20.3. The maximum atomic E-state index is 11.4. The van der Waals surface area contributed by atoms with Gasteiger partial charge in [0.2, 0.25) is 0 Å². The van der Waals surface area contributed by atoms with Crippen molar-refractivity contribution < 1.29 is 19.0 Å². The number of benzene rings is 2. The molecule has 0 atom stereocenters. The van der Waals surface area contributed by atoms with Gasteiger partial charge in [0, 0.05) is 6.08 Å². The van der Waals surface area contributed by atoms with Crippen molar-refractivity contribution in [1.82, 2.24) is 0 Å². The first-order valence-electron chi connectivity index (χ1n) is 8.56. The van der Waals surface area contributed by atoms with Gasteiger partial charge in [0.1, 0.15) is 13.8 Å². The second-order valence-corrected chi connectivity index (χ2v) is 11.6. The average molecular weight is 381 g/mol. The summed E-state index contributed by atoms with van der Waals surface area (Å²) < 4.78 is 16.3. The molecule has 0 bridgehead atoms. The molecule has 0 radical (unpaired) electrons. The molecule has 0 aliphatic carbocycles. The summed E-state index contributed by atoms with van der Waals surface area (Å²) in [6.45, 7) is 6.53. The van der Waals surface area contributed by atoms with Crippen LogP contribution in [0, 0.1) is 11.5 Å². The number of carbonyl (C=O) groups excluding carboxylic acids is 1. The molecule has 0 heterocycles. The highest BCUT2D eigenvalue weighted by Gasteiger charge is 2.14. The summed E-state index contributed by atoms with van der Waals surface area (Å²) in [7, 11) is 1.33. The van der Waals surface area contributed by atoms with Crippen LogP contribution in [0.4, 0.5) is 0 Å². The van der Waals surface area contributed by atoms with Gasteiger partial charge in [-0.2, -0.15) is 0 Å². The van der Waals surface area contributed by atoms with Crippen LogP contribution < -0.4 is 9.47 Å². The zero-order valence-electron chi connectivity index (χ0n) is 16.3. The van der Waals surface area contributed by atoms with Gasteiger partial charge in [-0.15, -0.1) is 5.54 Å². The Morgan fingerprint density at radius 2 is 1.78 bits per heavy atom. The Morgan fingerprint density at radius 1 is 1.07 bits per heavy atom. The van der Waals surface area contributed by atoms with Crippen LogP contribution in [-0.4, -0.2) is 28.3 Å². The molecule has 5 heteroatoms. The largest absolute Gasteiger partial charge is 0.493 e. The first-order chi connectivity index (χ1) is 12.8. The Bertz CT molecular complexity index is 884. The number of ether oxygens (including phenoxy) is 3. The summed E-state index contributed by atoms with van der Waals surface area (Å²) in [6, 6.07) is 13.2. The quantitative estimate of drug-likeness (QED) is 0.320. The van der Waals surface area contributed by atoms with Gasteiger partial charge in [0.25, 0.3) is 0 Å². The lowest BCUT2D eigenvalue weighted by atomic mass is 10.1. The summed E-state index contributed by atoms with van der Waals surface area (Å²) in [5.74, 6) is 4.63. The average Bonchev–Trinajstić information content (AvgIpc) is 2.65. The number of hydrogen-bond donors (Lipinski definition) is 0. The van der Waals surface area contributed by atoms with E-state index in [1.165, 1.54) is 13.2 Å². The van der Waals surface area contributed by atoms with Crippen LogP contribution in [0.1, 0.15) is 11.1 Å². The first-order valence-corrected chi connectivity index (χ1v) is 12.1. The van der Waals surface area contributed by atoms with Gasteiger partial charge in [-0.1, -0.05) is 43.8 Å². The fourth-order valence-electron chi connectivity index (χ4n) is 2.16. The lowest BCUT2D eigenvalue weighted by Crippen LogP contribution is -2.16. The summed E-state index contributed by atoms with van der Waals surface area (Å²) in [5.41, 5.74) is 4.85. The molecule has 0 N–H and O–H groups in total. The topological polar surface area (TPSA) is 44.8 Å². The summed E-state index contributed by atoms with van der Waals surface area (Å²) in [5, 5.41) is 0. The molecule has 2 aromatic carbocycles. The van der Waals surface area contributed by atoms with Crippen LogP contribution in [-0.2, 0) is 9.53 Å². The lowest BCUT2D eigenvalue weighted by Gasteiger charge is -2.14. The molecule has 140 valence electrons. The van der Waals surface area contributed by atoms with Crippen molar-refractivity contribution in [2.75, 3.05) is 14.2 Å². The Labute approximate surface area is 161 Å². The van der Waals surface area contributed by atoms with E-state index in [-0.39, 0.29) is 0 Å². The molecule has 2 rings (SSSR count). The van der Waals surface area contributed by atoms with Crippen molar-refractivity contribution in [3.8, 4) is 28.7 Å². The standard InChI is InChI=1S/C22H24O4Si/c1-24-20-16-17(11-12-21(23)25-2)15-18(13-14-27(3,4)5)22(20)26-19-9-7-6-8-10-19/h6-12,15-16H,1-5H3. The molecule has 0 saturated heterocycles. The predicted octanol–water partition coefficient (Wildman–Crippen LogP) is 4.90. The van der Waals surface area contributed by atoms with Crippen LogP contribution >= 0.6 is 0 Å². The molecule has 0 aliphatic heterocycles. The van der Waals surface area contributed by atoms with E-state index in [1.807, 2.05) is 36.4 Å². The lowest BCUT2D eigenvalue weighted by molar-refractivity contribution is -0.134. The molecular formula is C22H24O4Si. The molecule has 0 spiro atoms. The van der Waals surface area contributed by atoms with Crippen molar-refractivity contribution in [2.24, 2.45) is 0 Å². The van der Waals surface area contributed by atoms with Crippen LogP contribution in [0.25, 0.3) is 6.08 Å². The second kappa shape index (κ2) is 9.11. The number of esters is 1. The minimum absolute atomic E-state index is 0.423. The number of hydrogen-bond acceptors (Lipinski definition) is 4. The molecule has 0 amide bonds. The third kappa shape index (κ3) is 6.35. The highest BCUT2D eigenvalue weighted by Crippen LogP contribution is 2.36. The Kier molecular flexibility index (Phi) is 6.86. The predicted molar refractivity (Wildman–Crippen MR) is 111 cm³/mol. The minimum atomic E-state index is -1.59. The van der Waals surface area contributed by atoms with E-state index in [0.29, 0.717) is 22.8 Å². The van der Waals surface area contributed by atoms with Gasteiger partial charge in [0.05, 0.1) is 19.8 Å². The van der Waals surface area contributed by atoms with Gasteiger partial charge < -0.3 is 14.2 Å². The normalized spacial score (nSPS) is 10.9. The van der Waals surface area contributed by atoms with Crippen LogP contribution in [0.5, 0.6) is 17.2 Å². The van der Waals surface area contributed by atoms with Gasteiger partial charge in [-0.05, 0) is 35.9 Å². The van der Waals surface area contributed by atoms with Crippen molar-refractivity contribution >= 4 is 20.1 Å². The molecule has 27 heavy (non-hydrogen) atoms. The monoisotopic (exact) mass is 380 g/mol. The number of rotatable bonds is 5. The van der Waals surface area contributed by atoms with Gasteiger partial charge in [0.15, 0.2) is 11.5 Å². The molecular weight excluding hydrogens is 356 g/mol. The highest BCUT2D eigenvalue weighted by atomic mass is 28.3. The van der Waals surface area contributed by atoms with Crippen molar-refractivity contribution in [3.05, 3.63) is 59.7 Å². The molecule has 2 aromatic rings. The zero-order chi connectivity index (χ0) is 19.9. The Morgan fingerprint density at radius 3 is 2.37 bits per heavy atom. The fourth-order valence-corrected chi connectivity index (χ4v) is 2.67. The number of para-hydroxylation sites is 1.